The largest absolute Gasteiger partial charge is 0.399 e. The lowest BCUT2D eigenvalue weighted by Crippen LogP contribution is -2.26. The smallest absolute Gasteiger partial charge is 0.250 e. The summed E-state index contributed by atoms with van der Waals surface area (Å²) in [6.45, 7) is 2.18. The quantitative estimate of drug-likeness (QED) is 0.572. The predicted octanol–water partition coefficient (Wildman–Crippen LogP) is 1.23. The first-order chi connectivity index (χ1) is 9.08. The summed E-state index contributed by atoms with van der Waals surface area (Å²) in [6, 6.07) is 5.11. The van der Waals surface area contributed by atoms with Gasteiger partial charge in [0.1, 0.15) is 0 Å². The van der Waals surface area contributed by atoms with Crippen LogP contribution in [0.1, 0.15) is 23.2 Å². The van der Waals surface area contributed by atoms with E-state index in [1.807, 2.05) is 11.9 Å². The number of anilines is 2. The number of nitrogen functional groups attached to an aromatic ring is 1. The Kier molecular flexibility index (Phi) is 4.27. The maximum atomic E-state index is 11.4. The molecule has 1 aromatic rings. The van der Waals surface area contributed by atoms with Gasteiger partial charge >= 0.3 is 0 Å². The summed E-state index contributed by atoms with van der Waals surface area (Å²) in [7, 11) is 1.90. The average molecular weight is 263 g/mol. The number of likely N-dealkylation sites (N-methyl/N-ethyl adjacent to an activating group) is 1. The second-order valence-electron chi connectivity index (χ2n) is 5.08. The maximum absolute atomic E-state index is 11.4. The monoisotopic (exact) mass is 263 g/mol. The summed E-state index contributed by atoms with van der Waals surface area (Å²) < 4.78 is 5.59. The van der Waals surface area contributed by atoms with E-state index in [0.717, 1.165) is 18.2 Å². The molecule has 0 aliphatic heterocycles. The Hall–Kier alpha value is -1.75. The van der Waals surface area contributed by atoms with E-state index in [0.29, 0.717) is 24.4 Å². The molecule has 1 fully saturated rings. The van der Waals surface area contributed by atoms with E-state index in [1.54, 1.807) is 18.2 Å². The third kappa shape index (κ3) is 3.86. The molecule has 0 spiro atoms. The molecule has 0 atom stereocenters. The van der Waals surface area contributed by atoms with Gasteiger partial charge in [-0.25, -0.2) is 0 Å². The van der Waals surface area contributed by atoms with Crippen molar-refractivity contribution < 1.29 is 9.53 Å². The summed E-state index contributed by atoms with van der Waals surface area (Å²) in [6.07, 6.45) is 2.58. The summed E-state index contributed by atoms with van der Waals surface area (Å²) in [4.78, 5) is 13.3. The molecule has 1 aromatic carbocycles. The molecule has 19 heavy (non-hydrogen) atoms. The maximum Gasteiger partial charge on any atom is 0.250 e. The molecule has 2 rings (SSSR count). The van der Waals surface area contributed by atoms with Crippen molar-refractivity contribution in [3.05, 3.63) is 23.8 Å². The number of primary amides is 1. The lowest BCUT2D eigenvalue weighted by Gasteiger charge is -2.22. The Labute approximate surface area is 113 Å². The fraction of sp³-hybridized carbons (Fsp3) is 0.500. The molecule has 1 amide bonds. The van der Waals surface area contributed by atoms with Gasteiger partial charge in [-0.05, 0) is 37.0 Å². The number of carbonyl (C=O) groups excluding carboxylic acids is 1. The van der Waals surface area contributed by atoms with E-state index >= 15 is 0 Å². The van der Waals surface area contributed by atoms with Crippen LogP contribution in [-0.2, 0) is 4.74 Å². The molecule has 0 bridgehead atoms. The third-order valence-electron chi connectivity index (χ3n) is 3.32. The number of rotatable bonds is 7. The predicted molar refractivity (Wildman–Crippen MR) is 76.2 cm³/mol. The van der Waals surface area contributed by atoms with E-state index in [-0.39, 0.29) is 0 Å². The molecule has 1 aliphatic rings. The highest BCUT2D eigenvalue weighted by molar-refractivity contribution is 5.99. The van der Waals surface area contributed by atoms with Gasteiger partial charge in [0.15, 0.2) is 0 Å². The lowest BCUT2D eigenvalue weighted by molar-refractivity contribution is 0.100. The van der Waals surface area contributed by atoms with Crippen LogP contribution >= 0.6 is 0 Å². The second kappa shape index (κ2) is 5.93. The second-order valence-corrected chi connectivity index (χ2v) is 5.08. The SMILES string of the molecule is CN(CCOCC1CC1)c1cc(N)ccc1C(N)=O. The third-order valence-corrected chi connectivity index (χ3v) is 3.32. The molecule has 1 aliphatic carbocycles. The molecule has 0 saturated heterocycles. The fourth-order valence-electron chi connectivity index (χ4n) is 1.93. The zero-order valence-corrected chi connectivity index (χ0v) is 11.3. The van der Waals surface area contributed by atoms with Crippen molar-refractivity contribution in [3.63, 3.8) is 0 Å². The van der Waals surface area contributed by atoms with Gasteiger partial charge in [0.2, 0.25) is 0 Å². The summed E-state index contributed by atoms with van der Waals surface area (Å²) in [5, 5.41) is 0. The van der Waals surface area contributed by atoms with Crippen molar-refractivity contribution >= 4 is 17.3 Å². The van der Waals surface area contributed by atoms with Crippen molar-refractivity contribution in [3.8, 4) is 0 Å². The van der Waals surface area contributed by atoms with Gasteiger partial charge in [-0.1, -0.05) is 0 Å². The summed E-state index contributed by atoms with van der Waals surface area (Å²) in [5.41, 5.74) is 13.0. The average Bonchev–Trinajstić information content (AvgIpc) is 3.18. The van der Waals surface area contributed by atoms with Crippen molar-refractivity contribution in [2.75, 3.05) is 37.4 Å². The molecule has 5 heteroatoms. The first-order valence-electron chi connectivity index (χ1n) is 6.56. The summed E-state index contributed by atoms with van der Waals surface area (Å²) >= 11 is 0. The number of benzene rings is 1. The van der Waals surface area contributed by atoms with E-state index in [1.165, 1.54) is 12.8 Å². The van der Waals surface area contributed by atoms with Crippen LogP contribution in [0.2, 0.25) is 0 Å². The molecule has 1 saturated carbocycles. The highest BCUT2D eigenvalue weighted by Gasteiger charge is 2.21. The zero-order valence-electron chi connectivity index (χ0n) is 11.3. The minimum Gasteiger partial charge on any atom is -0.399 e. The minimum atomic E-state index is -0.444. The molecule has 0 aromatic heterocycles. The number of nitrogens with two attached hydrogens (primary N) is 2. The number of amides is 1. The van der Waals surface area contributed by atoms with Gasteiger partial charge in [-0.2, -0.15) is 0 Å². The van der Waals surface area contributed by atoms with Gasteiger partial charge in [0.25, 0.3) is 5.91 Å². The number of carbonyl (C=O) groups is 1. The molecular formula is C14H21N3O2. The lowest BCUT2D eigenvalue weighted by atomic mass is 10.1. The Balaban J connectivity index is 1.93. The van der Waals surface area contributed by atoms with Crippen molar-refractivity contribution in [1.82, 2.24) is 0 Å². The van der Waals surface area contributed by atoms with Crippen LogP contribution in [0.4, 0.5) is 11.4 Å². The number of hydrogen-bond donors (Lipinski definition) is 2. The van der Waals surface area contributed by atoms with E-state index in [4.69, 9.17) is 16.2 Å². The molecule has 0 radical (unpaired) electrons. The van der Waals surface area contributed by atoms with Crippen LogP contribution in [0.25, 0.3) is 0 Å². The van der Waals surface area contributed by atoms with Crippen molar-refractivity contribution in [2.45, 2.75) is 12.8 Å². The Morgan fingerprint density at radius 1 is 1.47 bits per heavy atom. The molecule has 5 nitrogen and oxygen atoms in total. The van der Waals surface area contributed by atoms with Crippen LogP contribution in [-0.4, -0.2) is 32.7 Å². The molecule has 0 unspecified atom stereocenters. The van der Waals surface area contributed by atoms with Crippen LogP contribution in [0, 0.1) is 5.92 Å². The van der Waals surface area contributed by atoms with Gasteiger partial charge in [-0.3, -0.25) is 4.79 Å². The number of nitrogens with zero attached hydrogens (tertiary/aromatic N) is 1. The van der Waals surface area contributed by atoms with Gasteiger partial charge in [-0.15, -0.1) is 0 Å². The minimum absolute atomic E-state index is 0.444. The highest BCUT2D eigenvalue weighted by Crippen LogP contribution is 2.28. The molecular weight excluding hydrogens is 242 g/mol. The Morgan fingerprint density at radius 3 is 2.84 bits per heavy atom. The van der Waals surface area contributed by atoms with Crippen molar-refractivity contribution in [2.24, 2.45) is 11.7 Å². The van der Waals surface area contributed by atoms with E-state index in [2.05, 4.69) is 0 Å². The molecule has 4 N–H and O–H groups in total. The van der Waals surface area contributed by atoms with E-state index < -0.39 is 5.91 Å². The van der Waals surface area contributed by atoms with Gasteiger partial charge in [0, 0.05) is 25.9 Å². The highest BCUT2D eigenvalue weighted by atomic mass is 16.5. The zero-order chi connectivity index (χ0) is 13.8. The Morgan fingerprint density at radius 2 is 2.21 bits per heavy atom. The number of ether oxygens (including phenoxy) is 1. The Bertz CT molecular complexity index is 458. The van der Waals surface area contributed by atoms with Gasteiger partial charge in [0.05, 0.1) is 17.9 Å². The van der Waals surface area contributed by atoms with Crippen LogP contribution in [0.5, 0.6) is 0 Å². The van der Waals surface area contributed by atoms with Crippen LogP contribution in [0.3, 0.4) is 0 Å². The number of hydrogen-bond acceptors (Lipinski definition) is 4. The van der Waals surface area contributed by atoms with Crippen LogP contribution in [0.15, 0.2) is 18.2 Å². The van der Waals surface area contributed by atoms with Gasteiger partial charge < -0.3 is 21.1 Å². The first-order valence-corrected chi connectivity index (χ1v) is 6.56. The summed E-state index contributed by atoms with van der Waals surface area (Å²) in [5.74, 6) is 0.319. The topological polar surface area (TPSA) is 81.6 Å². The van der Waals surface area contributed by atoms with Crippen LogP contribution < -0.4 is 16.4 Å². The van der Waals surface area contributed by atoms with Crippen molar-refractivity contribution in [1.29, 1.82) is 0 Å². The molecule has 104 valence electrons. The normalized spacial score (nSPS) is 14.4. The molecule has 0 heterocycles. The fourth-order valence-corrected chi connectivity index (χ4v) is 1.93. The standard InChI is InChI=1S/C14H21N3O2/c1-17(6-7-19-9-10-2-3-10)13-8-11(15)4-5-12(13)14(16)18/h4-5,8,10H,2-3,6-7,9,15H2,1H3,(H2,16,18). The van der Waals surface area contributed by atoms with E-state index in [9.17, 15) is 4.79 Å². The first kappa shape index (κ1) is 13.7.